The summed E-state index contributed by atoms with van der Waals surface area (Å²) in [6.07, 6.45) is 10.3. The van der Waals surface area contributed by atoms with Gasteiger partial charge >= 0.3 is 24.2 Å². The van der Waals surface area contributed by atoms with Gasteiger partial charge in [0.05, 0.1) is 35.7 Å². The van der Waals surface area contributed by atoms with Gasteiger partial charge in [-0.15, -0.1) is 0 Å². The molecule has 0 atom stereocenters. The largest absolute Gasteiger partial charge is 0.462 e. The molecule has 0 saturated carbocycles. The predicted molar refractivity (Wildman–Crippen MR) is 204 cm³/mol. The smallest absolute Gasteiger partial charge is 0.373 e. The van der Waals surface area contributed by atoms with Gasteiger partial charge in [-0.25, -0.2) is 18.7 Å². The monoisotopic (exact) mass is 760 g/mol. The molecule has 4 heterocycles. The molecule has 5 aromatic rings. The average molecular weight is 761 g/mol. The summed E-state index contributed by atoms with van der Waals surface area (Å²) in [5, 5.41) is 0. The predicted octanol–water partition coefficient (Wildman–Crippen LogP) is 6.03. The van der Waals surface area contributed by atoms with Crippen molar-refractivity contribution in [2.45, 2.75) is 81.3 Å². The second-order valence-electron chi connectivity index (χ2n) is 12.7. The lowest BCUT2D eigenvalue weighted by atomic mass is 9.92. The minimum absolute atomic E-state index is 0.250. The fourth-order valence-corrected chi connectivity index (χ4v) is 6.81. The number of ether oxygens (including phenoxy) is 2. The first-order valence-corrected chi connectivity index (χ1v) is 18.3. The summed E-state index contributed by atoms with van der Waals surface area (Å²) >= 11 is 0. The third-order valence-electron chi connectivity index (χ3n) is 9.15. The average Bonchev–Trinajstić information content (AvgIpc) is 3.16. The number of pyridine rings is 4. The van der Waals surface area contributed by atoms with E-state index in [1.165, 1.54) is 11.1 Å². The van der Waals surface area contributed by atoms with Crippen LogP contribution in [0.25, 0.3) is 22.3 Å². The molecule has 1 aromatic carbocycles. The molecule has 4 aromatic heterocycles. The zero-order valence-electron chi connectivity index (χ0n) is 33.2. The van der Waals surface area contributed by atoms with Crippen LogP contribution in [-0.2, 0) is 54.6 Å². The number of carbonyl (C=O) groups excluding carboxylic acids is 6. The first-order chi connectivity index (χ1) is 26.9. The van der Waals surface area contributed by atoms with E-state index in [4.69, 9.17) is 28.7 Å². The summed E-state index contributed by atoms with van der Waals surface area (Å²) in [5.74, 6) is -0.665. The molecule has 0 unspecified atom stereocenters. The second kappa shape index (κ2) is 21.4. The fourth-order valence-electron chi connectivity index (χ4n) is 6.81. The summed E-state index contributed by atoms with van der Waals surface area (Å²) in [4.78, 5) is 67.8. The highest BCUT2D eigenvalue weighted by Gasteiger charge is 2.25. The summed E-state index contributed by atoms with van der Waals surface area (Å²) in [5.41, 5.74) is 12.6. The zero-order valence-corrected chi connectivity index (χ0v) is 33.2. The molecule has 0 radical (unpaired) electrons. The Morgan fingerprint density at radius 2 is 0.839 bits per heavy atom. The Morgan fingerprint density at radius 1 is 0.536 bits per heavy atom. The Balaban J connectivity index is 0.00000132. The lowest BCUT2D eigenvalue weighted by Gasteiger charge is -2.17. The molecule has 5 rings (SSSR count). The van der Waals surface area contributed by atoms with Crippen LogP contribution in [0.4, 0.5) is 0 Å². The molecular weight excluding hydrogens is 713 g/mol. The molecule has 0 aliphatic carbocycles. The molecule has 0 fully saturated rings. The fraction of sp³-hybridized carbons (Fsp3) is 0.318. The van der Waals surface area contributed by atoms with E-state index in [1.807, 2.05) is 41.5 Å². The number of carbonyl (C=O) groups is 2. The van der Waals surface area contributed by atoms with Gasteiger partial charge in [0.2, 0.25) is 0 Å². The van der Waals surface area contributed by atoms with Gasteiger partial charge < -0.3 is 9.47 Å². The Labute approximate surface area is 327 Å². The maximum atomic E-state index is 13.0. The van der Waals surface area contributed by atoms with Gasteiger partial charge in [-0.1, -0.05) is 38.1 Å². The Morgan fingerprint density at radius 3 is 1.11 bits per heavy atom. The molecule has 0 amide bonds. The van der Waals surface area contributed by atoms with Crippen LogP contribution in [0.3, 0.4) is 0 Å². The zero-order chi connectivity index (χ0) is 41.4. The van der Waals surface area contributed by atoms with Crippen LogP contribution in [0.2, 0.25) is 0 Å². The van der Waals surface area contributed by atoms with Crippen molar-refractivity contribution in [3.63, 3.8) is 0 Å². The first-order valence-electron chi connectivity index (χ1n) is 18.3. The van der Waals surface area contributed by atoms with Crippen LogP contribution in [0.15, 0.2) is 73.3 Å². The molecule has 12 nitrogen and oxygen atoms in total. The molecule has 0 N–H and O–H groups in total. The van der Waals surface area contributed by atoms with Crippen molar-refractivity contribution in [2.75, 3.05) is 13.2 Å². The second-order valence-corrected chi connectivity index (χ2v) is 12.7. The van der Waals surface area contributed by atoms with Gasteiger partial charge in [0.25, 0.3) is 0 Å². The van der Waals surface area contributed by atoms with Crippen molar-refractivity contribution < 1.29 is 47.4 Å². The number of rotatable bonds is 12. The molecule has 0 spiro atoms. The molecule has 56 heavy (non-hydrogen) atoms. The van der Waals surface area contributed by atoms with Gasteiger partial charge in [0.1, 0.15) is 0 Å². The minimum Gasteiger partial charge on any atom is -0.462 e. The van der Waals surface area contributed by atoms with Crippen molar-refractivity contribution in [2.24, 2.45) is 0 Å². The maximum Gasteiger partial charge on any atom is 0.373 e. The van der Waals surface area contributed by atoms with Crippen molar-refractivity contribution >= 4 is 24.2 Å². The van der Waals surface area contributed by atoms with Gasteiger partial charge in [-0.05, 0) is 76.6 Å². The summed E-state index contributed by atoms with van der Waals surface area (Å²) < 4.78 is 15.1. The normalized spacial score (nSPS) is 10.1. The summed E-state index contributed by atoms with van der Waals surface area (Å²) in [6, 6.07) is 16.9. The van der Waals surface area contributed by atoms with Gasteiger partial charge in [0, 0.05) is 57.9 Å². The lowest BCUT2D eigenvalue weighted by molar-refractivity contribution is -0.688. The molecule has 290 valence electrons. The highest BCUT2D eigenvalue weighted by atomic mass is 16.5. The number of hydrogen-bond donors (Lipinski definition) is 0. The Hall–Kier alpha value is -6.48. The van der Waals surface area contributed by atoms with E-state index < -0.39 is 0 Å². The van der Waals surface area contributed by atoms with Crippen LogP contribution in [0, 0.1) is 27.7 Å². The number of hydrogen-bond acceptors (Lipinski definition) is 10. The van der Waals surface area contributed by atoms with Crippen molar-refractivity contribution in [1.29, 1.82) is 0 Å². The standard InChI is InChI=1S/C42H48N4O4.2CO2/c1-9-35-27(5)43-29(7)37(41(47)49-11-3)39(35)33-17-21-45(22-18-33)25-31-13-15-32(16-14-31)26-46-23-19-34(20-24-46)40-36(10-2)28(6)44-30(8)38(40)42(48)50-12-4;2*2-1-3/h13-24H,9-12,25-26H2,1-8H3;;/q+2;;. The number of aryl methyl sites for hydroxylation is 4. The minimum atomic E-state index is -0.333. The van der Waals surface area contributed by atoms with E-state index in [0.717, 1.165) is 70.7 Å². The van der Waals surface area contributed by atoms with Gasteiger partial charge in [0.15, 0.2) is 37.9 Å². The SMILES string of the molecule is CCOC(=O)c1c(C)nc(C)c(CC)c1-c1cc[n+](Cc2ccc(C[n+]3ccc(-c4c(CC)c(C)nc(C)c4C(=O)OCC)cc3)cc2)cc1.O=C=O.O=C=O. The third kappa shape index (κ3) is 10.8. The van der Waals surface area contributed by atoms with E-state index in [2.05, 4.69) is 106 Å². The number of benzene rings is 1. The molecular formula is C44H48N4O8+2. The van der Waals surface area contributed by atoms with E-state index in [0.29, 0.717) is 35.7 Å². The molecule has 0 saturated heterocycles. The molecule has 12 heteroatoms. The van der Waals surface area contributed by atoms with Crippen LogP contribution >= 0.6 is 0 Å². The van der Waals surface area contributed by atoms with Crippen LogP contribution < -0.4 is 9.13 Å². The van der Waals surface area contributed by atoms with E-state index in [-0.39, 0.29) is 24.2 Å². The number of aromatic nitrogens is 4. The number of esters is 2. The maximum absolute atomic E-state index is 13.0. The van der Waals surface area contributed by atoms with E-state index >= 15 is 0 Å². The summed E-state index contributed by atoms with van der Waals surface area (Å²) in [6.45, 7) is 17.6. The van der Waals surface area contributed by atoms with Crippen molar-refractivity contribution in [3.05, 3.63) is 129 Å². The topological polar surface area (TPSA) is 154 Å². The molecule has 0 bridgehead atoms. The van der Waals surface area contributed by atoms with Crippen LogP contribution in [-0.4, -0.2) is 47.4 Å². The Kier molecular flexibility index (Phi) is 16.8. The summed E-state index contributed by atoms with van der Waals surface area (Å²) in [7, 11) is 0. The van der Waals surface area contributed by atoms with E-state index in [9.17, 15) is 9.59 Å². The highest BCUT2D eigenvalue weighted by molar-refractivity contribution is 6.00. The van der Waals surface area contributed by atoms with Crippen molar-refractivity contribution in [3.8, 4) is 22.3 Å². The number of nitrogens with zero attached hydrogens (tertiary/aromatic N) is 4. The highest BCUT2D eigenvalue weighted by Crippen LogP contribution is 2.33. The van der Waals surface area contributed by atoms with Crippen LogP contribution in [0.1, 0.15) is 93.4 Å². The van der Waals surface area contributed by atoms with Crippen LogP contribution in [0.5, 0.6) is 0 Å². The van der Waals surface area contributed by atoms with Crippen molar-refractivity contribution in [1.82, 2.24) is 9.97 Å². The van der Waals surface area contributed by atoms with E-state index in [1.54, 1.807) is 0 Å². The molecule has 0 aliphatic heterocycles. The van der Waals surface area contributed by atoms with Gasteiger partial charge in [-0.3, -0.25) is 9.97 Å². The third-order valence-corrected chi connectivity index (χ3v) is 9.15. The molecule has 0 aliphatic rings. The lowest BCUT2D eigenvalue weighted by Crippen LogP contribution is -2.34. The Bertz CT molecular complexity index is 2050. The van der Waals surface area contributed by atoms with Gasteiger partial charge in [-0.2, -0.15) is 19.2 Å². The quantitative estimate of drug-likeness (QED) is 0.109. The first kappa shape index (κ1) is 43.9.